The zero-order valence-corrected chi connectivity index (χ0v) is 13.0. The Labute approximate surface area is 130 Å². The molecule has 6 heteroatoms. The van der Waals surface area contributed by atoms with Crippen LogP contribution in [0.3, 0.4) is 0 Å². The number of hydrogen-bond donors (Lipinski definition) is 0. The van der Waals surface area contributed by atoms with Crippen molar-refractivity contribution < 1.29 is 14.3 Å². The molecule has 1 aromatic carbocycles. The normalized spacial score (nSPS) is 13.8. The maximum Gasteiger partial charge on any atom is 0.362 e. The average Bonchev–Trinajstić information content (AvgIpc) is 3.34. The Morgan fingerprint density at radius 3 is 2.86 bits per heavy atom. The molecule has 0 atom stereocenters. The number of ether oxygens (including phenoxy) is 2. The number of hydrogen-bond acceptors (Lipinski definition) is 5. The Kier molecular flexibility index (Phi) is 3.88. The number of benzene rings is 1. The number of carbonyl (C=O) groups is 1. The third kappa shape index (κ3) is 3.05. The average molecular weight is 349 g/mol. The van der Waals surface area contributed by atoms with Crippen LogP contribution in [0.2, 0.25) is 0 Å². The summed E-state index contributed by atoms with van der Waals surface area (Å²) < 4.78 is 11.2. The van der Waals surface area contributed by atoms with E-state index in [1.165, 1.54) is 7.11 Å². The van der Waals surface area contributed by atoms with Crippen molar-refractivity contribution in [2.75, 3.05) is 7.11 Å². The van der Waals surface area contributed by atoms with Crippen molar-refractivity contribution in [3.8, 4) is 11.5 Å². The first kappa shape index (κ1) is 14.0. The first-order chi connectivity index (χ1) is 10.2. The van der Waals surface area contributed by atoms with E-state index in [2.05, 4.69) is 25.9 Å². The zero-order valence-electron chi connectivity index (χ0n) is 11.4. The van der Waals surface area contributed by atoms with Gasteiger partial charge in [-0.3, -0.25) is 0 Å². The molecule has 0 bridgehead atoms. The number of nitrogens with zero attached hydrogens (tertiary/aromatic N) is 2. The SMILES string of the molecule is COc1cccc(Br)c1OC(=O)c1ccnc(C2CC2)n1. The molecule has 0 radical (unpaired) electrons. The molecule has 21 heavy (non-hydrogen) atoms. The minimum atomic E-state index is -0.524. The fraction of sp³-hybridized carbons (Fsp3) is 0.267. The second-order valence-electron chi connectivity index (χ2n) is 4.74. The number of rotatable bonds is 4. The van der Waals surface area contributed by atoms with Gasteiger partial charge in [0.2, 0.25) is 0 Å². The summed E-state index contributed by atoms with van der Waals surface area (Å²) in [5.41, 5.74) is 0.254. The Bertz CT molecular complexity index is 686. The van der Waals surface area contributed by atoms with E-state index in [9.17, 15) is 4.79 Å². The maximum atomic E-state index is 12.2. The van der Waals surface area contributed by atoms with E-state index in [0.29, 0.717) is 27.7 Å². The summed E-state index contributed by atoms with van der Waals surface area (Å²) in [6, 6.07) is 6.86. The van der Waals surface area contributed by atoms with Crippen molar-refractivity contribution >= 4 is 21.9 Å². The zero-order chi connectivity index (χ0) is 14.8. The van der Waals surface area contributed by atoms with Crippen molar-refractivity contribution in [2.24, 2.45) is 0 Å². The van der Waals surface area contributed by atoms with Gasteiger partial charge in [0.25, 0.3) is 0 Å². The molecule has 0 spiro atoms. The van der Waals surface area contributed by atoms with E-state index in [1.54, 1.807) is 30.5 Å². The van der Waals surface area contributed by atoms with Gasteiger partial charge < -0.3 is 9.47 Å². The Morgan fingerprint density at radius 1 is 1.33 bits per heavy atom. The van der Waals surface area contributed by atoms with Gasteiger partial charge >= 0.3 is 5.97 Å². The van der Waals surface area contributed by atoms with E-state index < -0.39 is 5.97 Å². The van der Waals surface area contributed by atoms with Gasteiger partial charge in [0, 0.05) is 12.1 Å². The summed E-state index contributed by atoms with van der Waals surface area (Å²) in [5.74, 6) is 1.40. The number of carbonyl (C=O) groups excluding carboxylic acids is 1. The lowest BCUT2D eigenvalue weighted by Crippen LogP contribution is -2.13. The fourth-order valence-electron chi connectivity index (χ4n) is 1.92. The third-order valence-electron chi connectivity index (χ3n) is 3.17. The van der Waals surface area contributed by atoms with E-state index in [1.807, 2.05) is 0 Å². The summed E-state index contributed by atoms with van der Waals surface area (Å²) in [7, 11) is 1.52. The summed E-state index contributed by atoms with van der Waals surface area (Å²) in [5, 5.41) is 0. The predicted molar refractivity (Wildman–Crippen MR) is 79.7 cm³/mol. The van der Waals surface area contributed by atoms with Gasteiger partial charge in [0.1, 0.15) is 5.82 Å². The smallest absolute Gasteiger partial charge is 0.362 e. The Hall–Kier alpha value is -1.95. The Morgan fingerprint density at radius 2 is 2.14 bits per heavy atom. The van der Waals surface area contributed by atoms with Crippen LogP contribution in [0.25, 0.3) is 0 Å². The van der Waals surface area contributed by atoms with Crippen LogP contribution in [0.4, 0.5) is 0 Å². The first-order valence-corrected chi connectivity index (χ1v) is 7.36. The highest BCUT2D eigenvalue weighted by molar-refractivity contribution is 9.10. The van der Waals surface area contributed by atoms with Gasteiger partial charge in [-0.2, -0.15) is 0 Å². The highest BCUT2D eigenvalue weighted by atomic mass is 79.9. The first-order valence-electron chi connectivity index (χ1n) is 6.56. The van der Waals surface area contributed by atoms with E-state index >= 15 is 0 Å². The van der Waals surface area contributed by atoms with Crippen LogP contribution in [-0.2, 0) is 0 Å². The van der Waals surface area contributed by atoms with Crippen molar-refractivity contribution in [3.05, 3.63) is 46.5 Å². The predicted octanol–water partition coefficient (Wildman–Crippen LogP) is 3.34. The number of esters is 1. The van der Waals surface area contributed by atoms with Gasteiger partial charge in [0.05, 0.1) is 11.6 Å². The van der Waals surface area contributed by atoms with Gasteiger partial charge in [-0.05, 0) is 47.0 Å². The Balaban J connectivity index is 1.85. The largest absolute Gasteiger partial charge is 0.493 e. The molecule has 1 aromatic heterocycles. The molecule has 1 saturated carbocycles. The number of methoxy groups -OCH3 is 1. The number of para-hydroxylation sites is 1. The van der Waals surface area contributed by atoms with Crippen LogP contribution in [0.5, 0.6) is 11.5 Å². The van der Waals surface area contributed by atoms with E-state index in [0.717, 1.165) is 12.8 Å². The third-order valence-corrected chi connectivity index (χ3v) is 3.80. The van der Waals surface area contributed by atoms with E-state index in [-0.39, 0.29) is 5.69 Å². The lowest BCUT2D eigenvalue weighted by molar-refractivity contribution is 0.0721. The summed E-state index contributed by atoms with van der Waals surface area (Å²) >= 11 is 3.35. The van der Waals surface area contributed by atoms with Crippen LogP contribution in [0, 0.1) is 0 Å². The molecule has 0 unspecified atom stereocenters. The quantitative estimate of drug-likeness (QED) is 0.626. The van der Waals surface area contributed by atoms with Crippen molar-refractivity contribution in [2.45, 2.75) is 18.8 Å². The van der Waals surface area contributed by atoms with Gasteiger partial charge in [0.15, 0.2) is 17.2 Å². The number of halogens is 1. The molecular weight excluding hydrogens is 336 g/mol. The minimum Gasteiger partial charge on any atom is -0.493 e. The lowest BCUT2D eigenvalue weighted by atomic mass is 10.3. The molecule has 1 heterocycles. The van der Waals surface area contributed by atoms with Crippen molar-refractivity contribution in [3.63, 3.8) is 0 Å². The topological polar surface area (TPSA) is 61.3 Å². The lowest BCUT2D eigenvalue weighted by Gasteiger charge is -2.10. The molecule has 0 saturated heterocycles. The van der Waals surface area contributed by atoms with Crippen LogP contribution in [0.15, 0.2) is 34.9 Å². The minimum absolute atomic E-state index is 0.254. The summed E-state index contributed by atoms with van der Waals surface area (Å²) in [6.07, 6.45) is 3.75. The molecule has 108 valence electrons. The molecule has 1 aliphatic carbocycles. The van der Waals surface area contributed by atoms with Crippen molar-refractivity contribution in [1.82, 2.24) is 9.97 Å². The van der Waals surface area contributed by atoms with E-state index in [4.69, 9.17) is 9.47 Å². The van der Waals surface area contributed by atoms with Gasteiger partial charge in [-0.25, -0.2) is 14.8 Å². The van der Waals surface area contributed by atoms with Gasteiger partial charge in [-0.1, -0.05) is 6.07 Å². The highest BCUT2D eigenvalue weighted by Gasteiger charge is 2.27. The summed E-state index contributed by atoms with van der Waals surface area (Å²) in [6.45, 7) is 0. The maximum absolute atomic E-state index is 12.2. The molecule has 0 amide bonds. The van der Waals surface area contributed by atoms with Crippen LogP contribution in [-0.4, -0.2) is 23.0 Å². The molecule has 1 fully saturated rings. The molecular formula is C15H13BrN2O3. The van der Waals surface area contributed by atoms with Gasteiger partial charge in [-0.15, -0.1) is 0 Å². The molecule has 5 nitrogen and oxygen atoms in total. The standard InChI is InChI=1S/C15H13BrN2O3/c1-20-12-4-2-3-10(16)13(12)21-15(19)11-7-8-17-14(18-11)9-5-6-9/h2-4,7-9H,5-6H2,1H3. The second kappa shape index (κ2) is 5.81. The monoisotopic (exact) mass is 348 g/mol. The molecule has 0 aliphatic heterocycles. The highest BCUT2D eigenvalue weighted by Crippen LogP contribution is 2.38. The molecule has 3 rings (SSSR count). The van der Waals surface area contributed by atoms with Crippen LogP contribution in [0.1, 0.15) is 35.1 Å². The molecule has 1 aliphatic rings. The van der Waals surface area contributed by atoms with Crippen LogP contribution >= 0.6 is 15.9 Å². The summed E-state index contributed by atoms with van der Waals surface area (Å²) in [4.78, 5) is 20.7. The molecule has 2 aromatic rings. The van der Waals surface area contributed by atoms with Crippen LogP contribution < -0.4 is 9.47 Å². The fourth-order valence-corrected chi connectivity index (χ4v) is 2.35. The number of aromatic nitrogens is 2. The van der Waals surface area contributed by atoms with Crippen molar-refractivity contribution in [1.29, 1.82) is 0 Å². The second-order valence-corrected chi connectivity index (χ2v) is 5.59. The molecule has 0 N–H and O–H groups in total.